The average molecular weight is 368 g/mol. The van der Waals surface area contributed by atoms with E-state index in [4.69, 9.17) is 5.10 Å². The van der Waals surface area contributed by atoms with E-state index in [2.05, 4.69) is 11.1 Å². The minimum absolute atomic E-state index is 0.118. The Kier molecular flexibility index (Phi) is 5.23. The van der Waals surface area contributed by atoms with Gasteiger partial charge in [0.2, 0.25) is 5.91 Å². The number of pyridine rings is 1. The lowest BCUT2D eigenvalue weighted by Crippen LogP contribution is -2.38. The Morgan fingerprint density at radius 3 is 2.81 bits per heavy atom. The van der Waals surface area contributed by atoms with Gasteiger partial charge in [0.1, 0.15) is 5.78 Å². The van der Waals surface area contributed by atoms with Gasteiger partial charge in [-0.3, -0.25) is 14.3 Å². The minimum atomic E-state index is 0.118. The quantitative estimate of drug-likeness (QED) is 0.831. The molecule has 1 saturated heterocycles. The fraction of sp³-hybridized carbons (Fsp3) is 0.619. The van der Waals surface area contributed by atoms with Crippen molar-refractivity contribution in [2.45, 2.75) is 57.3 Å². The fourth-order valence-electron chi connectivity index (χ4n) is 4.64. The molecular formula is C21H28N4O2. The number of carbonyl (C=O) groups is 2. The molecule has 0 N–H and O–H groups in total. The second-order valence-electron chi connectivity index (χ2n) is 7.99. The first kappa shape index (κ1) is 18.1. The Bertz CT molecular complexity index is 836. The number of piperidine rings is 1. The molecule has 3 heterocycles. The van der Waals surface area contributed by atoms with Gasteiger partial charge in [0, 0.05) is 56.4 Å². The van der Waals surface area contributed by atoms with Gasteiger partial charge in [0.25, 0.3) is 0 Å². The molecule has 2 aromatic heterocycles. The summed E-state index contributed by atoms with van der Waals surface area (Å²) in [6.07, 6.45) is 8.74. The third kappa shape index (κ3) is 3.75. The van der Waals surface area contributed by atoms with Crippen LogP contribution < -0.4 is 0 Å². The molecule has 1 aliphatic heterocycles. The third-order valence-corrected chi connectivity index (χ3v) is 6.25. The van der Waals surface area contributed by atoms with E-state index in [1.807, 2.05) is 22.7 Å². The van der Waals surface area contributed by atoms with Gasteiger partial charge in [0.05, 0.1) is 5.69 Å². The maximum Gasteiger partial charge on any atom is 0.222 e. The van der Waals surface area contributed by atoms with Crippen LogP contribution in [0.25, 0.3) is 11.0 Å². The van der Waals surface area contributed by atoms with Crippen molar-refractivity contribution in [2.75, 3.05) is 13.1 Å². The Morgan fingerprint density at radius 1 is 1.22 bits per heavy atom. The van der Waals surface area contributed by atoms with E-state index in [9.17, 15) is 9.59 Å². The van der Waals surface area contributed by atoms with Gasteiger partial charge < -0.3 is 4.90 Å². The molecule has 0 radical (unpaired) electrons. The van der Waals surface area contributed by atoms with E-state index < -0.39 is 0 Å². The smallest absolute Gasteiger partial charge is 0.222 e. The molecule has 6 nitrogen and oxygen atoms in total. The topological polar surface area (TPSA) is 68.1 Å². The lowest BCUT2D eigenvalue weighted by atomic mass is 9.84. The molecule has 2 aliphatic rings. The monoisotopic (exact) mass is 368 g/mol. The van der Waals surface area contributed by atoms with Gasteiger partial charge >= 0.3 is 0 Å². The van der Waals surface area contributed by atoms with Crippen LogP contribution in [-0.4, -0.2) is 44.4 Å². The lowest BCUT2D eigenvalue weighted by molar-refractivity contribution is -0.133. The van der Waals surface area contributed by atoms with E-state index in [0.717, 1.165) is 68.3 Å². The number of rotatable bonds is 4. The highest BCUT2D eigenvalue weighted by Gasteiger charge is 2.28. The van der Waals surface area contributed by atoms with Crippen molar-refractivity contribution in [1.29, 1.82) is 0 Å². The van der Waals surface area contributed by atoms with Gasteiger partial charge in [-0.1, -0.05) is 6.42 Å². The molecule has 4 rings (SSSR count). The van der Waals surface area contributed by atoms with E-state index >= 15 is 0 Å². The number of fused-ring (bicyclic) bond motifs is 1. The largest absolute Gasteiger partial charge is 0.343 e. The number of hydrogen-bond acceptors (Lipinski definition) is 4. The molecule has 0 aromatic carbocycles. The Balaban J connectivity index is 1.33. The van der Waals surface area contributed by atoms with E-state index in [1.165, 1.54) is 0 Å². The maximum absolute atomic E-state index is 12.6. The van der Waals surface area contributed by atoms with Crippen molar-refractivity contribution >= 4 is 22.7 Å². The molecule has 144 valence electrons. The van der Waals surface area contributed by atoms with Gasteiger partial charge in [-0.05, 0) is 44.2 Å². The summed E-state index contributed by atoms with van der Waals surface area (Å²) in [6, 6.07) is 4.04. The van der Waals surface area contributed by atoms with Gasteiger partial charge in [0.15, 0.2) is 5.65 Å². The molecule has 1 amide bonds. The number of aromatic nitrogens is 3. The molecule has 1 saturated carbocycles. The zero-order chi connectivity index (χ0) is 18.8. The summed E-state index contributed by atoms with van der Waals surface area (Å²) in [5.74, 6) is 1.07. The van der Waals surface area contributed by atoms with Gasteiger partial charge in [-0.25, -0.2) is 4.98 Å². The first-order valence-electron chi connectivity index (χ1n) is 10.2. The summed E-state index contributed by atoms with van der Waals surface area (Å²) in [7, 11) is 1.93. The fourth-order valence-corrected chi connectivity index (χ4v) is 4.64. The predicted octanol–water partition coefficient (Wildman–Crippen LogP) is 3.21. The van der Waals surface area contributed by atoms with Gasteiger partial charge in [-0.2, -0.15) is 5.10 Å². The molecule has 1 unspecified atom stereocenters. The van der Waals surface area contributed by atoms with Crippen LogP contribution in [0.3, 0.4) is 0 Å². The van der Waals surface area contributed by atoms with Crippen molar-refractivity contribution < 1.29 is 9.59 Å². The minimum Gasteiger partial charge on any atom is -0.343 e. The van der Waals surface area contributed by atoms with Gasteiger partial charge in [-0.15, -0.1) is 0 Å². The predicted molar refractivity (Wildman–Crippen MR) is 103 cm³/mol. The maximum atomic E-state index is 12.6. The van der Waals surface area contributed by atoms with Crippen LogP contribution in [0.4, 0.5) is 0 Å². The highest BCUT2D eigenvalue weighted by Crippen LogP contribution is 2.32. The number of hydrogen-bond donors (Lipinski definition) is 0. The number of amides is 1. The third-order valence-electron chi connectivity index (χ3n) is 6.25. The first-order valence-corrected chi connectivity index (χ1v) is 10.2. The summed E-state index contributed by atoms with van der Waals surface area (Å²) in [5, 5.41) is 5.83. The Morgan fingerprint density at radius 2 is 2.04 bits per heavy atom. The first-order chi connectivity index (χ1) is 13.1. The number of nitrogens with zero attached hydrogens (tertiary/aromatic N) is 4. The van der Waals surface area contributed by atoms with Crippen molar-refractivity contribution in [3.05, 3.63) is 24.0 Å². The van der Waals surface area contributed by atoms with Crippen LogP contribution in [0.1, 0.15) is 63.0 Å². The van der Waals surface area contributed by atoms with Crippen molar-refractivity contribution in [3.63, 3.8) is 0 Å². The van der Waals surface area contributed by atoms with Crippen LogP contribution in [0.2, 0.25) is 0 Å². The van der Waals surface area contributed by atoms with Crippen molar-refractivity contribution in [3.8, 4) is 0 Å². The average Bonchev–Trinajstić information content (AvgIpc) is 3.04. The molecule has 2 fully saturated rings. The number of carbonyl (C=O) groups excluding carboxylic acids is 2. The SMILES string of the molecule is Cn1nc(C2CCN(C(=O)CCC3CCCCC3=O)CC2)c2cccnc21. The van der Waals surface area contributed by atoms with Crippen LogP contribution in [0.5, 0.6) is 0 Å². The summed E-state index contributed by atoms with van der Waals surface area (Å²) < 4.78 is 1.85. The van der Waals surface area contributed by atoms with Crippen LogP contribution in [0.15, 0.2) is 18.3 Å². The van der Waals surface area contributed by atoms with Crippen LogP contribution in [-0.2, 0) is 16.6 Å². The summed E-state index contributed by atoms with van der Waals surface area (Å²) >= 11 is 0. The lowest BCUT2D eigenvalue weighted by Gasteiger charge is -2.32. The van der Waals surface area contributed by atoms with Crippen molar-refractivity contribution in [1.82, 2.24) is 19.7 Å². The molecule has 27 heavy (non-hydrogen) atoms. The molecule has 0 bridgehead atoms. The zero-order valence-corrected chi connectivity index (χ0v) is 16.1. The van der Waals surface area contributed by atoms with Crippen molar-refractivity contribution in [2.24, 2.45) is 13.0 Å². The second kappa shape index (κ2) is 7.79. The summed E-state index contributed by atoms with van der Waals surface area (Å²) in [6.45, 7) is 1.56. The van der Waals surface area contributed by atoms with Crippen LogP contribution in [0, 0.1) is 5.92 Å². The number of Topliss-reactive ketones (excluding diaryl/α,β-unsaturated/α-hetero) is 1. The summed E-state index contributed by atoms with van der Waals surface area (Å²) in [5.41, 5.74) is 2.03. The zero-order valence-electron chi connectivity index (χ0n) is 16.1. The Labute approximate surface area is 159 Å². The number of likely N-dealkylation sites (tertiary alicyclic amines) is 1. The normalized spacial score (nSPS) is 21.7. The van der Waals surface area contributed by atoms with Crippen LogP contribution >= 0.6 is 0 Å². The molecule has 1 aliphatic carbocycles. The number of ketones is 1. The highest BCUT2D eigenvalue weighted by molar-refractivity contribution is 5.83. The molecule has 2 aromatic rings. The molecule has 0 spiro atoms. The highest BCUT2D eigenvalue weighted by atomic mass is 16.2. The second-order valence-corrected chi connectivity index (χ2v) is 7.99. The van der Waals surface area contributed by atoms with E-state index in [0.29, 0.717) is 24.5 Å². The van der Waals surface area contributed by atoms with E-state index in [-0.39, 0.29) is 11.8 Å². The molecular weight excluding hydrogens is 340 g/mol. The molecule has 1 atom stereocenters. The number of aryl methyl sites for hydroxylation is 1. The molecule has 6 heteroatoms. The Hall–Kier alpha value is -2.24. The van der Waals surface area contributed by atoms with E-state index in [1.54, 1.807) is 6.20 Å². The summed E-state index contributed by atoms with van der Waals surface area (Å²) in [4.78, 5) is 30.9. The standard InChI is InChI=1S/C21H28N4O2/c1-24-21-17(6-4-12-22-21)20(23-24)16-10-13-25(14-11-16)19(27)9-8-15-5-2-3-7-18(15)26/h4,6,12,15-16H,2-3,5,7-11,13-14H2,1H3.